The zero-order chi connectivity index (χ0) is 12.3. The standard InChI is InChI=1S/C12H25N3O/c1-9(13)12(16)15(4)11-8-6-5-7-10(11)14(2)3/h9-11H,5-8,13H2,1-4H3. The molecule has 3 atom stereocenters. The smallest absolute Gasteiger partial charge is 0.239 e. The monoisotopic (exact) mass is 227 g/mol. The average Bonchev–Trinajstić information content (AvgIpc) is 2.26. The van der Waals surface area contributed by atoms with Crippen molar-refractivity contribution in [2.24, 2.45) is 5.73 Å². The Balaban J connectivity index is 2.71. The SMILES string of the molecule is CC(N)C(=O)N(C)C1CCCCC1N(C)C. The first kappa shape index (κ1) is 13.5. The Morgan fingerprint density at radius 3 is 2.12 bits per heavy atom. The van der Waals surface area contributed by atoms with Gasteiger partial charge < -0.3 is 15.5 Å². The third-order valence-electron chi connectivity index (χ3n) is 3.59. The van der Waals surface area contributed by atoms with Crippen LogP contribution in [0.5, 0.6) is 0 Å². The number of nitrogens with two attached hydrogens (primary N) is 1. The van der Waals surface area contributed by atoms with Crippen LogP contribution in [0, 0.1) is 0 Å². The lowest BCUT2D eigenvalue weighted by Crippen LogP contribution is -2.54. The molecule has 0 aromatic carbocycles. The Kier molecular flexibility index (Phi) is 4.74. The van der Waals surface area contributed by atoms with Gasteiger partial charge in [0.2, 0.25) is 5.91 Å². The molecule has 1 rings (SSSR count). The molecule has 0 saturated heterocycles. The molecule has 1 aliphatic carbocycles. The zero-order valence-corrected chi connectivity index (χ0v) is 10.9. The van der Waals surface area contributed by atoms with Crippen molar-refractivity contribution < 1.29 is 4.79 Å². The molecule has 0 aromatic rings. The molecule has 4 nitrogen and oxygen atoms in total. The van der Waals surface area contributed by atoms with E-state index in [1.54, 1.807) is 6.92 Å². The van der Waals surface area contributed by atoms with E-state index in [2.05, 4.69) is 19.0 Å². The van der Waals surface area contributed by atoms with Crippen molar-refractivity contribution in [2.45, 2.75) is 50.7 Å². The minimum atomic E-state index is -0.394. The molecule has 0 bridgehead atoms. The molecule has 94 valence electrons. The van der Waals surface area contributed by atoms with E-state index in [0.717, 1.165) is 6.42 Å². The molecule has 0 aromatic heterocycles. The molecule has 0 heterocycles. The molecule has 1 aliphatic rings. The molecular formula is C12H25N3O. The molecule has 1 amide bonds. The van der Waals surface area contributed by atoms with Crippen LogP contribution in [-0.2, 0) is 4.79 Å². The molecule has 4 heteroatoms. The maximum Gasteiger partial charge on any atom is 0.239 e. The van der Waals surface area contributed by atoms with Crippen molar-refractivity contribution in [1.82, 2.24) is 9.80 Å². The second-order valence-corrected chi connectivity index (χ2v) is 5.12. The first-order valence-electron chi connectivity index (χ1n) is 6.13. The van der Waals surface area contributed by atoms with Gasteiger partial charge in [-0.1, -0.05) is 12.8 Å². The minimum Gasteiger partial charge on any atom is -0.340 e. The van der Waals surface area contributed by atoms with Crippen LogP contribution in [0.3, 0.4) is 0 Å². The van der Waals surface area contributed by atoms with Crippen molar-refractivity contribution >= 4 is 5.91 Å². The molecule has 0 radical (unpaired) electrons. The third-order valence-corrected chi connectivity index (χ3v) is 3.59. The molecule has 3 unspecified atom stereocenters. The fourth-order valence-corrected chi connectivity index (χ4v) is 2.63. The lowest BCUT2D eigenvalue weighted by molar-refractivity contribution is -0.134. The maximum absolute atomic E-state index is 11.9. The van der Waals surface area contributed by atoms with Gasteiger partial charge in [-0.25, -0.2) is 0 Å². The summed E-state index contributed by atoms with van der Waals surface area (Å²) in [5.41, 5.74) is 5.66. The van der Waals surface area contributed by atoms with Crippen molar-refractivity contribution in [2.75, 3.05) is 21.1 Å². The number of carbonyl (C=O) groups excluding carboxylic acids is 1. The summed E-state index contributed by atoms with van der Waals surface area (Å²) in [7, 11) is 6.07. The Morgan fingerprint density at radius 2 is 1.69 bits per heavy atom. The fraction of sp³-hybridized carbons (Fsp3) is 0.917. The van der Waals surface area contributed by atoms with Crippen LogP contribution in [0.1, 0.15) is 32.6 Å². The van der Waals surface area contributed by atoms with Gasteiger partial charge in [0.1, 0.15) is 0 Å². The Labute approximate surface area is 98.8 Å². The van der Waals surface area contributed by atoms with E-state index in [1.807, 2.05) is 11.9 Å². The summed E-state index contributed by atoms with van der Waals surface area (Å²) in [6.07, 6.45) is 4.75. The molecule has 1 fully saturated rings. The maximum atomic E-state index is 11.9. The highest BCUT2D eigenvalue weighted by Crippen LogP contribution is 2.25. The van der Waals surface area contributed by atoms with Crippen LogP contribution in [0.15, 0.2) is 0 Å². The number of hydrogen-bond acceptors (Lipinski definition) is 3. The topological polar surface area (TPSA) is 49.6 Å². The van der Waals surface area contributed by atoms with Gasteiger partial charge in [0.05, 0.1) is 6.04 Å². The van der Waals surface area contributed by atoms with Gasteiger partial charge in [-0.3, -0.25) is 4.79 Å². The lowest BCUT2D eigenvalue weighted by atomic mass is 9.88. The quantitative estimate of drug-likeness (QED) is 0.771. The number of hydrogen-bond donors (Lipinski definition) is 1. The Morgan fingerprint density at radius 1 is 1.19 bits per heavy atom. The summed E-state index contributed by atoms with van der Waals surface area (Å²) in [5.74, 6) is 0.0544. The van der Waals surface area contributed by atoms with E-state index >= 15 is 0 Å². The highest BCUT2D eigenvalue weighted by Gasteiger charge is 2.32. The van der Waals surface area contributed by atoms with Crippen LogP contribution in [0.4, 0.5) is 0 Å². The minimum absolute atomic E-state index is 0.0544. The van der Waals surface area contributed by atoms with E-state index in [-0.39, 0.29) is 5.91 Å². The summed E-state index contributed by atoms with van der Waals surface area (Å²) in [6.45, 7) is 1.76. The van der Waals surface area contributed by atoms with Crippen LogP contribution in [-0.4, -0.2) is 55.0 Å². The highest BCUT2D eigenvalue weighted by molar-refractivity contribution is 5.81. The summed E-state index contributed by atoms with van der Waals surface area (Å²) < 4.78 is 0. The van der Waals surface area contributed by atoms with Gasteiger partial charge >= 0.3 is 0 Å². The fourth-order valence-electron chi connectivity index (χ4n) is 2.63. The van der Waals surface area contributed by atoms with E-state index in [1.165, 1.54) is 19.3 Å². The Bertz CT molecular complexity index is 240. The van der Waals surface area contributed by atoms with Crippen molar-refractivity contribution in [3.8, 4) is 0 Å². The second-order valence-electron chi connectivity index (χ2n) is 5.12. The van der Waals surface area contributed by atoms with Crippen LogP contribution in [0.2, 0.25) is 0 Å². The van der Waals surface area contributed by atoms with Crippen molar-refractivity contribution in [3.05, 3.63) is 0 Å². The first-order valence-corrected chi connectivity index (χ1v) is 6.13. The summed E-state index contributed by atoms with van der Waals surface area (Å²) in [4.78, 5) is 16.0. The van der Waals surface area contributed by atoms with Gasteiger partial charge in [-0.15, -0.1) is 0 Å². The van der Waals surface area contributed by atoms with E-state index in [0.29, 0.717) is 12.1 Å². The van der Waals surface area contributed by atoms with Gasteiger partial charge in [-0.05, 0) is 33.9 Å². The van der Waals surface area contributed by atoms with Crippen LogP contribution >= 0.6 is 0 Å². The van der Waals surface area contributed by atoms with Crippen molar-refractivity contribution in [3.63, 3.8) is 0 Å². The first-order chi connectivity index (χ1) is 7.45. The largest absolute Gasteiger partial charge is 0.340 e. The predicted octanol–water partition coefficient (Wildman–Crippen LogP) is 0.665. The Hall–Kier alpha value is -0.610. The van der Waals surface area contributed by atoms with Gasteiger partial charge in [0.25, 0.3) is 0 Å². The van der Waals surface area contributed by atoms with E-state index in [9.17, 15) is 4.79 Å². The highest BCUT2D eigenvalue weighted by atomic mass is 16.2. The molecule has 0 aliphatic heterocycles. The lowest BCUT2D eigenvalue weighted by Gasteiger charge is -2.41. The van der Waals surface area contributed by atoms with E-state index in [4.69, 9.17) is 5.73 Å². The summed E-state index contributed by atoms with van der Waals surface area (Å²) in [5, 5.41) is 0. The van der Waals surface area contributed by atoms with Crippen LogP contribution < -0.4 is 5.73 Å². The predicted molar refractivity (Wildman–Crippen MR) is 66.2 cm³/mol. The van der Waals surface area contributed by atoms with Gasteiger partial charge in [0.15, 0.2) is 0 Å². The van der Waals surface area contributed by atoms with E-state index < -0.39 is 6.04 Å². The average molecular weight is 227 g/mol. The second kappa shape index (κ2) is 5.64. The molecule has 16 heavy (non-hydrogen) atoms. The normalized spacial score (nSPS) is 27.9. The third kappa shape index (κ3) is 2.95. The van der Waals surface area contributed by atoms with Gasteiger partial charge in [-0.2, -0.15) is 0 Å². The number of amides is 1. The van der Waals surface area contributed by atoms with Crippen LogP contribution in [0.25, 0.3) is 0 Å². The molecule has 2 N–H and O–H groups in total. The van der Waals surface area contributed by atoms with Gasteiger partial charge in [0, 0.05) is 19.1 Å². The molecule has 0 spiro atoms. The number of nitrogens with zero attached hydrogens (tertiary/aromatic N) is 2. The van der Waals surface area contributed by atoms with Crippen molar-refractivity contribution in [1.29, 1.82) is 0 Å². The number of likely N-dealkylation sites (N-methyl/N-ethyl adjacent to an activating group) is 2. The molecule has 1 saturated carbocycles. The zero-order valence-electron chi connectivity index (χ0n) is 10.9. The summed E-state index contributed by atoms with van der Waals surface area (Å²) in [6, 6.07) is 0.401. The number of carbonyl (C=O) groups is 1. The summed E-state index contributed by atoms with van der Waals surface area (Å²) >= 11 is 0. The molecular weight excluding hydrogens is 202 g/mol. The number of rotatable bonds is 3.